The van der Waals surface area contributed by atoms with Gasteiger partial charge in [-0.2, -0.15) is 0 Å². The molecule has 0 amide bonds. The van der Waals surface area contributed by atoms with Crippen molar-refractivity contribution in [1.82, 2.24) is 0 Å². The lowest BCUT2D eigenvalue weighted by Crippen LogP contribution is -1.85. The van der Waals surface area contributed by atoms with Gasteiger partial charge in [0.2, 0.25) is 0 Å². The Morgan fingerprint density at radius 3 is 2.62 bits per heavy atom. The molecule has 0 aromatic heterocycles. The van der Waals surface area contributed by atoms with Gasteiger partial charge in [0, 0.05) is 5.57 Å². The SMILES string of the molecule is C=C/C(C#Cc1ccc(CCC)cc1N=O)=C\C=C(/C)C(=C)CC. The smallest absolute Gasteiger partial charge is 0.123 e. The molecule has 0 saturated carbocycles. The Morgan fingerprint density at radius 1 is 1.29 bits per heavy atom. The molecule has 2 nitrogen and oxygen atoms in total. The van der Waals surface area contributed by atoms with Crippen LogP contribution in [0.25, 0.3) is 0 Å². The van der Waals surface area contributed by atoms with E-state index in [1.165, 1.54) is 0 Å². The van der Waals surface area contributed by atoms with Crippen molar-refractivity contribution in [2.75, 3.05) is 0 Å². The van der Waals surface area contributed by atoms with Crippen LogP contribution in [0.3, 0.4) is 0 Å². The molecule has 1 aromatic rings. The van der Waals surface area contributed by atoms with Crippen LogP contribution in [0.1, 0.15) is 44.7 Å². The summed E-state index contributed by atoms with van der Waals surface area (Å²) in [6.45, 7) is 14.0. The maximum atomic E-state index is 11.0. The number of aryl methyl sites for hydroxylation is 1. The van der Waals surface area contributed by atoms with Gasteiger partial charge in [-0.1, -0.05) is 69.1 Å². The van der Waals surface area contributed by atoms with E-state index in [0.29, 0.717) is 11.3 Å². The van der Waals surface area contributed by atoms with E-state index < -0.39 is 0 Å². The molecule has 24 heavy (non-hydrogen) atoms. The van der Waals surface area contributed by atoms with Gasteiger partial charge in [0.1, 0.15) is 5.69 Å². The molecule has 0 aliphatic rings. The molecule has 0 N–H and O–H groups in total. The number of hydrogen-bond acceptors (Lipinski definition) is 2. The zero-order valence-corrected chi connectivity index (χ0v) is 14.9. The van der Waals surface area contributed by atoms with Crippen LogP contribution in [0, 0.1) is 16.7 Å². The Balaban J connectivity index is 3.09. The van der Waals surface area contributed by atoms with Crippen molar-refractivity contribution < 1.29 is 0 Å². The Labute approximate surface area is 145 Å². The summed E-state index contributed by atoms with van der Waals surface area (Å²) >= 11 is 0. The summed E-state index contributed by atoms with van der Waals surface area (Å²) in [7, 11) is 0. The van der Waals surface area contributed by atoms with Crippen LogP contribution in [0.15, 0.2) is 71.5 Å². The van der Waals surface area contributed by atoms with E-state index in [1.807, 2.05) is 37.3 Å². The van der Waals surface area contributed by atoms with E-state index in [2.05, 4.69) is 44.0 Å². The van der Waals surface area contributed by atoms with Crippen molar-refractivity contribution in [1.29, 1.82) is 0 Å². The summed E-state index contributed by atoms with van der Waals surface area (Å²) in [5.41, 5.74) is 5.14. The average Bonchev–Trinajstić information content (AvgIpc) is 2.61. The third-order valence-corrected chi connectivity index (χ3v) is 3.76. The van der Waals surface area contributed by atoms with Gasteiger partial charge in [0.15, 0.2) is 0 Å². The van der Waals surface area contributed by atoms with Gasteiger partial charge in [-0.15, -0.1) is 4.91 Å². The van der Waals surface area contributed by atoms with E-state index in [4.69, 9.17) is 0 Å². The fraction of sp³-hybridized carbons (Fsp3) is 0.273. The van der Waals surface area contributed by atoms with Gasteiger partial charge >= 0.3 is 0 Å². The summed E-state index contributed by atoms with van der Waals surface area (Å²) in [5.74, 6) is 6.06. The minimum absolute atomic E-state index is 0.392. The van der Waals surface area contributed by atoms with Crippen LogP contribution in [0.2, 0.25) is 0 Å². The Bertz CT molecular complexity index is 739. The summed E-state index contributed by atoms with van der Waals surface area (Å²) in [6, 6.07) is 5.66. The van der Waals surface area contributed by atoms with E-state index in [9.17, 15) is 4.91 Å². The minimum Gasteiger partial charge on any atom is -0.145 e. The first kappa shape index (κ1) is 19.4. The molecule has 124 valence electrons. The highest BCUT2D eigenvalue weighted by Gasteiger charge is 2.02. The highest BCUT2D eigenvalue weighted by molar-refractivity contribution is 5.59. The van der Waals surface area contributed by atoms with Crippen LogP contribution < -0.4 is 0 Å². The number of rotatable bonds is 7. The van der Waals surface area contributed by atoms with Crippen LogP contribution in [-0.2, 0) is 6.42 Å². The summed E-state index contributed by atoms with van der Waals surface area (Å²) < 4.78 is 0. The molecule has 1 aromatic carbocycles. The number of hydrogen-bond donors (Lipinski definition) is 0. The number of nitrogens with zero attached hydrogens (tertiary/aromatic N) is 1. The second kappa shape index (κ2) is 10.2. The third-order valence-electron chi connectivity index (χ3n) is 3.76. The second-order valence-electron chi connectivity index (χ2n) is 5.58. The molecule has 0 spiro atoms. The van der Waals surface area contributed by atoms with E-state index >= 15 is 0 Å². The first-order chi connectivity index (χ1) is 11.5. The monoisotopic (exact) mass is 319 g/mol. The molecular weight excluding hydrogens is 294 g/mol. The van der Waals surface area contributed by atoms with Gasteiger partial charge in [0.05, 0.1) is 5.56 Å². The number of nitroso groups, excluding NO2 is 1. The Kier molecular flexibility index (Phi) is 8.22. The van der Waals surface area contributed by atoms with Crippen molar-refractivity contribution >= 4 is 5.69 Å². The first-order valence-electron chi connectivity index (χ1n) is 8.23. The summed E-state index contributed by atoms with van der Waals surface area (Å²) in [5, 5.41) is 3.10. The molecule has 0 unspecified atom stereocenters. The lowest BCUT2D eigenvalue weighted by molar-refractivity contribution is 0.921. The van der Waals surface area contributed by atoms with Crippen molar-refractivity contribution in [3.8, 4) is 11.8 Å². The quantitative estimate of drug-likeness (QED) is 0.324. The van der Waals surface area contributed by atoms with E-state index in [0.717, 1.165) is 41.5 Å². The topological polar surface area (TPSA) is 29.4 Å². The molecule has 0 radical (unpaired) electrons. The largest absolute Gasteiger partial charge is 0.145 e. The van der Waals surface area contributed by atoms with Crippen molar-refractivity contribution in [3.05, 3.63) is 82.3 Å². The fourth-order valence-electron chi connectivity index (χ4n) is 2.11. The van der Waals surface area contributed by atoms with Gasteiger partial charge in [-0.3, -0.25) is 0 Å². The van der Waals surface area contributed by atoms with Crippen molar-refractivity contribution in [2.24, 2.45) is 5.18 Å². The molecule has 0 atom stereocenters. The maximum absolute atomic E-state index is 11.0. The highest BCUT2D eigenvalue weighted by Crippen LogP contribution is 2.21. The van der Waals surface area contributed by atoms with Crippen LogP contribution in [-0.4, -0.2) is 0 Å². The van der Waals surface area contributed by atoms with Crippen molar-refractivity contribution in [2.45, 2.75) is 40.0 Å². The first-order valence-corrected chi connectivity index (χ1v) is 8.23. The van der Waals surface area contributed by atoms with E-state index in [1.54, 1.807) is 6.08 Å². The Morgan fingerprint density at radius 2 is 2.04 bits per heavy atom. The average molecular weight is 319 g/mol. The third kappa shape index (κ3) is 5.85. The van der Waals surface area contributed by atoms with Crippen LogP contribution >= 0.6 is 0 Å². The molecule has 0 heterocycles. The van der Waals surface area contributed by atoms with Crippen LogP contribution in [0.5, 0.6) is 0 Å². The van der Waals surface area contributed by atoms with E-state index in [-0.39, 0.29) is 0 Å². The molecule has 0 aliphatic carbocycles. The zero-order chi connectivity index (χ0) is 17.9. The normalized spacial score (nSPS) is 11.5. The molecule has 2 heteroatoms. The Hall–Kier alpha value is -2.66. The fourth-order valence-corrected chi connectivity index (χ4v) is 2.11. The molecular formula is C22H25NO. The van der Waals surface area contributed by atoms with Gasteiger partial charge in [0.25, 0.3) is 0 Å². The molecule has 0 bridgehead atoms. The molecule has 0 aliphatic heterocycles. The second-order valence-corrected chi connectivity index (χ2v) is 5.58. The van der Waals surface area contributed by atoms with Gasteiger partial charge in [-0.25, -0.2) is 0 Å². The van der Waals surface area contributed by atoms with Gasteiger partial charge in [-0.05, 0) is 54.3 Å². The minimum atomic E-state index is 0.392. The van der Waals surface area contributed by atoms with Gasteiger partial charge < -0.3 is 0 Å². The zero-order valence-electron chi connectivity index (χ0n) is 14.9. The molecule has 1 rings (SSSR count). The lowest BCUT2D eigenvalue weighted by atomic mass is 10.0. The predicted octanol–water partition coefficient (Wildman–Crippen LogP) is 6.41. The standard InChI is InChI=1S/C22H25NO/c1-6-9-20-13-15-21(22(16-20)23-24)14-12-19(8-3)11-10-18(5)17(4)7-2/h8,10-11,13,15-16H,3-4,6-7,9H2,1-2,5H3/b18-10+,19-11+. The van der Waals surface area contributed by atoms with Crippen LogP contribution in [0.4, 0.5) is 5.69 Å². The maximum Gasteiger partial charge on any atom is 0.123 e. The summed E-state index contributed by atoms with van der Waals surface area (Å²) in [4.78, 5) is 11.0. The number of allylic oxidation sites excluding steroid dienone is 6. The molecule has 0 saturated heterocycles. The number of benzene rings is 1. The van der Waals surface area contributed by atoms with Crippen molar-refractivity contribution in [3.63, 3.8) is 0 Å². The lowest BCUT2D eigenvalue weighted by Gasteiger charge is -2.01. The predicted molar refractivity (Wildman–Crippen MR) is 104 cm³/mol. The molecule has 0 fully saturated rings. The summed E-state index contributed by atoms with van der Waals surface area (Å²) in [6.07, 6.45) is 8.48. The highest BCUT2D eigenvalue weighted by atomic mass is 16.3.